The van der Waals surface area contributed by atoms with Gasteiger partial charge >= 0.3 is 0 Å². The predicted octanol–water partition coefficient (Wildman–Crippen LogP) is 2.53. The second kappa shape index (κ2) is 10.7. The van der Waals surface area contributed by atoms with Crippen molar-refractivity contribution >= 4 is 23.2 Å². The highest BCUT2D eigenvalue weighted by Crippen LogP contribution is 2.29. The summed E-state index contributed by atoms with van der Waals surface area (Å²) in [5.41, 5.74) is 7.47. The van der Waals surface area contributed by atoms with E-state index in [-0.39, 0.29) is 18.1 Å². The van der Waals surface area contributed by atoms with Gasteiger partial charge in [0.15, 0.2) is 0 Å². The van der Waals surface area contributed by atoms with Crippen molar-refractivity contribution in [3.05, 3.63) is 46.7 Å². The van der Waals surface area contributed by atoms with Crippen LogP contribution in [0, 0.1) is 6.92 Å². The molecule has 1 aliphatic rings. The number of carbonyl (C=O) groups excluding carboxylic acids is 1. The van der Waals surface area contributed by atoms with Crippen LogP contribution in [0.5, 0.6) is 11.5 Å². The molecule has 2 heterocycles. The molecule has 168 valence electrons. The lowest BCUT2D eigenvalue weighted by atomic mass is 10.0. The Balaban J connectivity index is 1.54. The molecule has 9 heteroatoms. The first-order valence-corrected chi connectivity index (χ1v) is 10.5. The van der Waals surface area contributed by atoms with E-state index in [2.05, 4.69) is 15.2 Å². The molecular formula is C22H29ClN4O4. The van der Waals surface area contributed by atoms with Crippen molar-refractivity contribution in [1.82, 2.24) is 15.2 Å². The summed E-state index contributed by atoms with van der Waals surface area (Å²) in [6, 6.07) is 6.79. The van der Waals surface area contributed by atoms with E-state index in [1.807, 2.05) is 19.1 Å². The van der Waals surface area contributed by atoms with E-state index < -0.39 is 0 Å². The van der Waals surface area contributed by atoms with Gasteiger partial charge in [-0.3, -0.25) is 14.7 Å². The highest BCUT2D eigenvalue weighted by molar-refractivity contribution is 6.33. The highest BCUT2D eigenvalue weighted by atomic mass is 35.5. The van der Waals surface area contributed by atoms with Crippen LogP contribution in [0.15, 0.2) is 30.5 Å². The lowest BCUT2D eigenvalue weighted by Gasteiger charge is -2.38. The van der Waals surface area contributed by atoms with E-state index in [0.717, 1.165) is 31.0 Å². The smallest absolute Gasteiger partial charge is 0.255 e. The molecular weight excluding hydrogens is 420 g/mol. The van der Waals surface area contributed by atoms with Gasteiger partial charge in [0, 0.05) is 38.5 Å². The number of amides is 1. The average molecular weight is 449 g/mol. The van der Waals surface area contributed by atoms with Crippen molar-refractivity contribution < 1.29 is 19.0 Å². The van der Waals surface area contributed by atoms with E-state index in [4.69, 9.17) is 31.5 Å². The van der Waals surface area contributed by atoms with Crippen LogP contribution < -0.4 is 20.5 Å². The molecule has 1 amide bonds. The zero-order valence-corrected chi connectivity index (χ0v) is 18.8. The molecule has 8 nitrogen and oxygen atoms in total. The molecule has 1 aromatic heterocycles. The molecule has 0 radical (unpaired) electrons. The average Bonchev–Trinajstić information content (AvgIpc) is 2.77. The quantitative estimate of drug-likeness (QED) is 0.598. The third-order valence-electron chi connectivity index (χ3n) is 5.39. The Bertz CT molecular complexity index is 894. The Morgan fingerprint density at radius 2 is 2.16 bits per heavy atom. The van der Waals surface area contributed by atoms with Crippen LogP contribution in [0.1, 0.15) is 22.5 Å². The maximum atomic E-state index is 12.9. The number of pyridine rings is 1. The fourth-order valence-electron chi connectivity index (χ4n) is 3.58. The van der Waals surface area contributed by atoms with Crippen molar-refractivity contribution in [3.63, 3.8) is 0 Å². The second-order valence-corrected chi connectivity index (χ2v) is 7.91. The summed E-state index contributed by atoms with van der Waals surface area (Å²) < 4.78 is 16.7. The standard InChI is InChI=1S/C22H29ClN4O4/c1-14-4-5-15(12-25-14)31-9-8-27-7-6-19(21(13-27)30-3)26-22(28)16-10-17(23)18(24)11-20(16)29-2/h4-5,10-12,19,21H,6-9,13,24H2,1-3H3,(H,26,28)/t19-,21+/m1/s1. The van der Waals surface area contributed by atoms with Gasteiger partial charge in [0.1, 0.15) is 18.1 Å². The van der Waals surface area contributed by atoms with Gasteiger partial charge in [-0.25, -0.2) is 0 Å². The highest BCUT2D eigenvalue weighted by Gasteiger charge is 2.31. The molecule has 1 saturated heterocycles. The van der Waals surface area contributed by atoms with E-state index in [1.165, 1.54) is 13.2 Å². The molecule has 0 saturated carbocycles. The lowest BCUT2D eigenvalue weighted by molar-refractivity contribution is 0.00321. The second-order valence-electron chi connectivity index (χ2n) is 7.50. The summed E-state index contributed by atoms with van der Waals surface area (Å²) in [6.07, 6.45) is 2.34. The van der Waals surface area contributed by atoms with Crippen LogP contribution in [0.25, 0.3) is 0 Å². The summed E-state index contributed by atoms with van der Waals surface area (Å²) >= 11 is 6.10. The molecule has 1 aliphatic heterocycles. The third-order valence-corrected chi connectivity index (χ3v) is 5.71. The monoisotopic (exact) mass is 448 g/mol. The molecule has 3 N–H and O–H groups in total. The number of aromatic nitrogens is 1. The Morgan fingerprint density at radius 3 is 2.84 bits per heavy atom. The van der Waals surface area contributed by atoms with Gasteiger partial charge in [0.25, 0.3) is 5.91 Å². The maximum absolute atomic E-state index is 12.9. The van der Waals surface area contributed by atoms with Crippen LogP contribution >= 0.6 is 11.6 Å². The van der Waals surface area contributed by atoms with Crippen molar-refractivity contribution in [3.8, 4) is 11.5 Å². The van der Waals surface area contributed by atoms with Gasteiger partial charge in [0.2, 0.25) is 0 Å². The summed E-state index contributed by atoms with van der Waals surface area (Å²) in [6.45, 7) is 4.77. The number of nitrogens with zero attached hydrogens (tertiary/aromatic N) is 2. The molecule has 1 fully saturated rings. The number of carbonyl (C=O) groups is 1. The number of nitrogens with one attached hydrogen (secondary N) is 1. The van der Waals surface area contributed by atoms with Crippen LogP contribution in [0.3, 0.4) is 0 Å². The number of benzene rings is 1. The Morgan fingerprint density at radius 1 is 1.35 bits per heavy atom. The minimum absolute atomic E-state index is 0.128. The van der Waals surface area contributed by atoms with Gasteiger partial charge in [-0.1, -0.05) is 11.6 Å². The number of hydrogen-bond acceptors (Lipinski definition) is 7. The first-order valence-electron chi connectivity index (χ1n) is 10.2. The molecule has 1 aromatic carbocycles. The number of halogens is 1. The molecule has 0 spiro atoms. The number of aryl methyl sites for hydroxylation is 1. The minimum atomic E-state index is -0.269. The number of piperidine rings is 1. The van der Waals surface area contributed by atoms with Crippen molar-refractivity contribution in [2.75, 3.05) is 46.2 Å². The predicted molar refractivity (Wildman–Crippen MR) is 120 cm³/mol. The van der Waals surface area contributed by atoms with Crippen LogP contribution in [-0.2, 0) is 4.74 Å². The van der Waals surface area contributed by atoms with Gasteiger partial charge in [0.05, 0.1) is 41.7 Å². The maximum Gasteiger partial charge on any atom is 0.255 e. The summed E-state index contributed by atoms with van der Waals surface area (Å²) in [5.74, 6) is 0.871. The zero-order valence-electron chi connectivity index (χ0n) is 18.1. The molecule has 0 bridgehead atoms. The number of nitrogen functional groups attached to an aromatic ring is 1. The van der Waals surface area contributed by atoms with Crippen molar-refractivity contribution in [2.45, 2.75) is 25.5 Å². The van der Waals surface area contributed by atoms with Gasteiger partial charge in [-0.2, -0.15) is 0 Å². The number of nitrogens with two attached hydrogens (primary N) is 1. The molecule has 2 aromatic rings. The summed E-state index contributed by atoms with van der Waals surface area (Å²) in [7, 11) is 3.15. The minimum Gasteiger partial charge on any atom is -0.496 e. The number of rotatable bonds is 8. The number of anilines is 1. The van der Waals surface area contributed by atoms with Gasteiger partial charge < -0.3 is 25.3 Å². The molecule has 0 unspecified atom stereocenters. The SMILES string of the molecule is COc1cc(N)c(Cl)cc1C(=O)N[C@@H]1CCN(CCOc2ccc(C)nc2)C[C@@H]1OC. The van der Waals surface area contributed by atoms with Gasteiger partial charge in [-0.15, -0.1) is 0 Å². The van der Waals surface area contributed by atoms with Gasteiger partial charge in [-0.05, 0) is 31.5 Å². The topological polar surface area (TPSA) is 98.9 Å². The van der Waals surface area contributed by atoms with E-state index in [1.54, 1.807) is 19.4 Å². The largest absolute Gasteiger partial charge is 0.496 e. The number of methoxy groups -OCH3 is 2. The fourth-order valence-corrected chi connectivity index (χ4v) is 3.75. The van der Waals surface area contributed by atoms with E-state index in [0.29, 0.717) is 35.2 Å². The van der Waals surface area contributed by atoms with Crippen LogP contribution in [0.2, 0.25) is 5.02 Å². The summed E-state index contributed by atoms with van der Waals surface area (Å²) in [4.78, 5) is 19.4. The van der Waals surface area contributed by atoms with E-state index >= 15 is 0 Å². The molecule has 0 aliphatic carbocycles. The van der Waals surface area contributed by atoms with Crippen LogP contribution in [-0.4, -0.2) is 68.4 Å². The number of likely N-dealkylation sites (tertiary alicyclic amines) is 1. The first-order chi connectivity index (χ1) is 14.9. The summed E-state index contributed by atoms with van der Waals surface area (Å²) in [5, 5.41) is 3.37. The van der Waals surface area contributed by atoms with Crippen molar-refractivity contribution in [2.24, 2.45) is 0 Å². The number of hydrogen-bond donors (Lipinski definition) is 2. The zero-order chi connectivity index (χ0) is 22.4. The van der Waals surface area contributed by atoms with Crippen LogP contribution in [0.4, 0.5) is 5.69 Å². The molecule has 2 atom stereocenters. The third kappa shape index (κ3) is 6.00. The lowest BCUT2D eigenvalue weighted by Crippen LogP contribution is -2.55. The van der Waals surface area contributed by atoms with E-state index in [9.17, 15) is 4.79 Å². The first kappa shape index (κ1) is 23.1. The normalized spacial score (nSPS) is 19.1. The Hall–Kier alpha value is -2.55. The van der Waals surface area contributed by atoms with Crippen molar-refractivity contribution in [1.29, 1.82) is 0 Å². The fraction of sp³-hybridized carbons (Fsp3) is 0.455. The Labute approximate surface area is 187 Å². The number of ether oxygens (including phenoxy) is 3. The molecule has 3 rings (SSSR count). The molecule has 31 heavy (non-hydrogen) atoms. The Kier molecular flexibility index (Phi) is 7.95.